The molecule has 2 atom stereocenters. The summed E-state index contributed by atoms with van der Waals surface area (Å²) in [7, 11) is -3.00. The Labute approximate surface area is 147 Å². The number of fused-ring (bicyclic) bond motifs is 1. The number of amides is 1. The first-order valence-electron chi connectivity index (χ1n) is 8.27. The number of carbonyl (C=O) groups is 1. The molecule has 3 rings (SSSR count). The molecule has 0 saturated carbocycles. The number of hydrogen-bond donors (Lipinski definition) is 0. The van der Waals surface area contributed by atoms with Crippen LogP contribution in [0.15, 0.2) is 35.3 Å². The molecule has 0 unspecified atom stereocenters. The zero-order valence-electron chi connectivity index (χ0n) is 13.7. The third-order valence-electron chi connectivity index (χ3n) is 4.34. The highest BCUT2D eigenvalue weighted by atomic mass is 32.2. The smallest absolute Gasteiger partial charge is 0.248 e. The molecular weight excluding hydrogens is 344 g/mol. The summed E-state index contributed by atoms with van der Waals surface area (Å²) in [6.45, 7) is 2.63. The Kier molecular flexibility index (Phi) is 5.30. The fraction of sp³-hybridized carbons (Fsp3) is 0.529. The third-order valence-corrected chi connectivity index (χ3v) is 7.58. The van der Waals surface area contributed by atoms with Gasteiger partial charge in [0.05, 0.1) is 17.5 Å². The lowest BCUT2D eigenvalue weighted by Gasteiger charge is -2.24. The van der Waals surface area contributed by atoms with Crippen LogP contribution in [-0.4, -0.2) is 47.2 Å². The van der Waals surface area contributed by atoms with Crippen LogP contribution in [0.5, 0.6) is 0 Å². The summed E-state index contributed by atoms with van der Waals surface area (Å²) in [5, 5.41) is 0.668. The number of nitrogens with zero attached hydrogens (tertiary/aromatic N) is 2. The van der Waals surface area contributed by atoms with Crippen molar-refractivity contribution in [3.63, 3.8) is 0 Å². The van der Waals surface area contributed by atoms with Crippen molar-refractivity contribution in [2.45, 2.75) is 44.0 Å². The summed E-state index contributed by atoms with van der Waals surface area (Å²) in [5.41, 5.74) is 1.09. The maximum atomic E-state index is 12.1. The van der Waals surface area contributed by atoms with E-state index in [1.54, 1.807) is 0 Å². The predicted molar refractivity (Wildman–Crippen MR) is 97.8 cm³/mol. The number of thioether (sulfide) groups is 1. The molecule has 0 bridgehead atoms. The van der Waals surface area contributed by atoms with Crippen molar-refractivity contribution in [3.05, 3.63) is 35.9 Å². The lowest BCUT2D eigenvalue weighted by molar-refractivity contribution is -0.117. The zero-order chi connectivity index (χ0) is 17.2. The quantitative estimate of drug-likeness (QED) is 0.801. The monoisotopic (exact) mass is 366 g/mol. The summed E-state index contributed by atoms with van der Waals surface area (Å²) in [4.78, 5) is 18.4. The van der Waals surface area contributed by atoms with Gasteiger partial charge in [-0.25, -0.2) is 8.42 Å². The van der Waals surface area contributed by atoms with Gasteiger partial charge in [0.25, 0.3) is 0 Å². The minimum absolute atomic E-state index is 0.0172. The Balaban J connectivity index is 1.82. The van der Waals surface area contributed by atoms with E-state index in [9.17, 15) is 13.2 Å². The molecule has 5 nitrogen and oxygen atoms in total. The molecule has 0 aliphatic carbocycles. The van der Waals surface area contributed by atoms with Crippen LogP contribution in [0.4, 0.5) is 0 Å². The second-order valence-electron chi connectivity index (χ2n) is 6.31. The van der Waals surface area contributed by atoms with E-state index in [0.717, 1.165) is 18.4 Å². The summed E-state index contributed by atoms with van der Waals surface area (Å²) in [6, 6.07) is 9.82. The van der Waals surface area contributed by atoms with Crippen molar-refractivity contribution >= 4 is 32.7 Å². The molecule has 1 amide bonds. The second-order valence-corrected chi connectivity index (χ2v) is 9.67. The van der Waals surface area contributed by atoms with Crippen LogP contribution in [0.2, 0.25) is 0 Å². The van der Waals surface area contributed by atoms with Crippen molar-refractivity contribution in [3.8, 4) is 0 Å². The molecular formula is C17H22N2O3S2. The highest BCUT2D eigenvalue weighted by Crippen LogP contribution is 2.39. The Morgan fingerprint density at radius 3 is 2.75 bits per heavy atom. The standard InChI is InChI=1S/C17H22N2O3S2/c1-2-3-9-16(20)18-17-19(10-13-7-5-4-6-8-13)14-11-24(21,22)12-15(14)23-17/h4-8,14-15H,2-3,9-12H2,1H3/t14-,15+/m1/s1. The number of unbranched alkanes of at least 4 members (excludes halogenated alkanes) is 1. The molecule has 0 aromatic heterocycles. The Bertz CT molecular complexity index is 731. The number of carbonyl (C=O) groups excluding carboxylic acids is 1. The fourth-order valence-electron chi connectivity index (χ4n) is 3.09. The largest absolute Gasteiger partial charge is 0.342 e. The van der Waals surface area contributed by atoms with E-state index < -0.39 is 9.84 Å². The van der Waals surface area contributed by atoms with Gasteiger partial charge in [0, 0.05) is 18.2 Å². The molecule has 7 heteroatoms. The van der Waals surface area contributed by atoms with Gasteiger partial charge < -0.3 is 4.90 Å². The van der Waals surface area contributed by atoms with Crippen molar-refractivity contribution in [1.82, 2.24) is 4.90 Å². The Morgan fingerprint density at radius 2 is 2.04 bits per heavy atom. The topological polar surface area (TPSA) is 66.8 Å². The van der Waals surface area contributed by atoms with Gasteiger partial charge >= 0.3 is 0 Å². The Hall–Kier alpha value is -1.34. The minimum atomic E-state index is -3.00. The first-order chi connectivity index (χ1) is 11.5. The van der Waals surface area contributed by atoms with E-state index in [0.29, 0.717) is 18.1 Å². The summed E-state index contributed by atoms with van der Waals surface area (Å²) < 4.78 is 23.9. The van der Waals surface area contributed by atoms with Gasteiger partial charge in [-0.05, 0) is 12.0 Å². The van der Waals surface area contributed by atoms with Crippen molar-refractivity contribution in [1.29, 1.82) is 0 Å². The molecule has 2 fully saturated rings. The van der Waals surface area contributed by atoms with Crippen LogP contribution in [0.25, 0.3) is 0 Å². The SMILES string of the molecule is CCCCC(=O)N=C1S[C@H]2CS(=O)(=O)C[C@H]2N1Cc1ccccc1. The van der Waals surface area contributed by atoms with E-state index in [1.165, 1.54) is 11.8 Å². The molecule has 0 radical (unpaired) electrons. The highest BCUT2D eigenvalue weighted by Gasteiger charge is 2.48. The number of sulfone groups is 1. The van der Waals surface area contributed by atoms with Crippen LogP contribution in [0, 0.1) is 0 Å². The second kappa shape index (κ2) is 7.27. The number of amidine groups is 1. The molecule has 2 aliphatic rings. The molecule has 0 N–H and O–H groups in total. The number of benzene rings is 1. The summed E-state index contributed by atoms with van der Waals surface area (Å²) in [6.07, 6.45) is 2.24. The lowest BCUT2D eigenvalue weighted by atomic mass is 10.1. The van der Waals surface area contributed by atoms with Gasteiger partial charge in [0.2, 0.25) is 5.91 Å². The minimum Gasteiger partial charge on any atom is -0.342 e. The molecule has 24 heavy (non-hydrogen) atoms. The van der Waals surface area contributed by atoms with E-state index in [1.807, 2.05) is 42.2 Å². The summed E-state index contributed by atoms with van der Waals surface area (Å²) >= 11 is 1.45. The van der Waals surface area contributed by atoms with Gasteiger partial charge in [-0.1, -0.05) is 55.4 Å². The molecule has 2 saturated heterocycles. The van der Waals surface area contributed by atoms with Crippen molar-refractivity contribution < 1.29 is 13.2 Å². The first kappa shape index (κ1) is 17.5. The van der Waals surface area contributed by atoms with E-state index in [2.05, 4.69) is 4.99 Å². The van der Waals surface area contributed by atoms with Gasteiger partial charge in [-0.15, -0.1) is 0 Å². The fourth-order valence-corrected chi connectivity index (χ4v) is 7.06. The molecule has 130 valence electrons. The highest BCUT2D eigenvalue weighted by molar-refractivity contribution is 8.15. The molecule has 2 aliphatic heterocycles. The number of hydrogen-bond acceptors (Lipinski definition) is 4. The van der Waals surface area contributed by atoms with Crippen LogP contribution < -0.4 is 0 Å². The predicted octanol–water partition coefficient (Wildman–Crippen LogP) is 2.47. The average Bonchev–Trinajstić information content (AvgIpc) is 2.99. The molecule has 1 aromatic carbocycles. The van der Waals surface area contributed by atoms with E-state index in [-0.39, 0.29) is 28.7 Å². The molecule has 0 spiro atoms. The first-order valence-corrected chi connectivity index (χ1v) is 11.0. The maximum Gasteiger partial charge on any atom is 0.248 e. The third kappa shape index (κ3) is 4.00. The Morgan fingerprint density at radius 1 is 1.29 bits per heavy atom. The number of rotatable bonds is 5. The number of aliphatic imine (C=N–C) groups is 1. The van der Waals surface area contributed by atoms with Crippen LogP contribution in [0.1, 0.15) is 31.7 Å². The zero-order valence-corrected chi connectivity index (χ0v) is 15.4. The van der Waals surface area contributed by atoms with Gasteiger partial charge in [-0.2, -0.15) is 4.99 Å². The molecule has 1 aromatic rings. The van der Waals surface area contributed by atoms with Gasteiger partial charge in [-0.3, -0.25) is 4.79 Å². The average molecular weight is 367 g/mol. The molecule has 2 heterocycles. The normalized spacial score (nSPS) is 26.7. The van der Waals surface area contributed by atoms with Crippen LogP contribution in [0.3, 0.4) is 0 Å². The van der Waals surface area contributed by atoms with Crippen molar-refractivity contribution in [2.75, 3.05) is 11.5 Å². The van der Waals surface area contributed by atoms with Gasteiger partial charge in [0.15, 0.2) is 15.0 Å². The van der Waals surface area contributed by atoms with E-state index in [4.69, 9.17) is 0 Å². The van der Waals surface area contributed by atoms with Crippen molar-refractivity contribution in [2.24, 2.45) is 4.99 Å². The summed E-state index contributed by atoms with van der Waals surface area (Å²) in [5.74, 6) is 0.218. The van der Waals surface area contributed by atoms with Gasteiger partial charge in [0.1, 0.15) is 0 Å². The lowest BCUT2D eigenvalue weighted by Crippen LogP contribution is -2.37. The maximum absolute atomic E-state index is 12.1. The van der Waals surface area contributed by atoms with E-state index >= 15 is 0 Å². The van der Waals surface area contributed by atoms with Crippen LogP contribution >= 0.6 is 11.8 Å². The van der Waals surface area contributed by atoms with Crippen LogP contribution in [-0.2, 0) is 21.2 Å².